The molecule has 2 aliphatic rings. The zero-order valence-corrected chi connectivity index (χ0v) is 13.1. The molecule has 1 aromatic heterocycles. The van der Waals surface area contributed by atoms with E-state index in [1.54, 1.807) is 0 Å². The van der Waals surface area contributed by atoms with Crippen LogP contribution >= 0.6 is 0 Å². The van der Waals surface area contributed by atoms with Crippen molar-refractivity contribution in [2.45, 2.75) is 26.5 Å². The van der Waals surface area contributed by atoms with Crippen molar-refractivity contribution in [1.82, 2.24) is 0 Å². The quantitative estimate of drug-likeness (QED) is 0.632. The smallest absolute Gasteiger partial charge is 0.303 e. The average Bonchev–Trinajstić information content (AvgIpc) is 2.92. The minimum atomic E-state index is -0.266. The van der Waals surface area contributed by atoms with Crippen molar-refractivity contribution < 1.29 is 14.1 Å². The molecule has 3 heterocycles. The third-order valence-electron chi connectivity index (χ3n) is 4.28. The number of nitrogens with zero attached hydrogens (tertiary/aromatic N) is 2. The second kappa shape index (κ2) is 5.16. The normalized spacial score (nSPS) is 15.7. The van der Waals surface area contributed by atoms with E-state index in [2.05, 4.69) is 22.8 Å². The van der Waals surface area contributed by atoms with E-state index < -0.39 is 0 Å². The van der Waals surface area contributed by atoms with Crippen LogP contribution in [0.4, 0.5) is 5.69 Å². The highest BCUT2D eigenvalue weighted by Gasteiger charge is 2.31. The summed E-state index contributed by atoms with van der Waals surface area (Å²) in [4.78, 5) is 15.9. The van der Waals surface area contributed by atoms with Crippen molar-refractivity contribution in [2.75, 3.05) is 0 Å². The van der Waals surface area contributed by atoms with Gasteiger partial charge in [0, 0.05) is 24.1 Å². The van der Waals surface area contributed by atoms with Crippen LogP contribution in [0.1, 0.15) is 36.8 Å². The van der Waals surface area contributed by atoms with E-state index in [4.69, 9.17) is 9.73 Å². The summed E-state index contributed by atoms with van der Waals surface area (Å²) in [6.07, 6.45) is 4.00. The van der Waals surface area contributed by atoms with Crippen molar-refractivity contribution in [3.8, 4) is 0 Å². The highest BCUT2D eigenvalue weighted by Crippen LogP contribution is 2.37. The van der Waals surface area contributed by atoms with Crippen LogP contribution in [0.2, 0.25) is 0 Å². The van der Waals surface area contributed by atoms with Gasteiger partial charge >= 0.3 is 5.97 Å². The number of esters is 1. The number of carbonyl (C=O) groups is 1. The van der Waals surface area contributed by atoms with Crippen LogP contribution in [-0.4, -0.2) is 11.7 Å². The van der Waals surface area contributed by atoms with E-state index in [0.29, 0.717) is 0 Å². The average molecular weight is 305 g/mol. The number of para-hydroxylation sites is 1. The van der Waals surface area contributed by atoms with Gasteiger partial charge in [0.05, 0.1) is 11.3 Å². The van der Waals surface area contributed by atoms with Crippen LogP contribution in [0.25, 0.3) is 5.57 Å². The maximum atomic E-state index is 11.1. The zero-order valence-electron chi connectivity index (χ0n) is 13.1. The number of rotatable bonds is 2. The summed E-state index contributed by atoms with van der Waals surface area (Å²) in [5.74, 6) is -0.266. The van der Waals surface area contributed by atoms with Crippen LogP contribution in [0, 0.1) is 0 Å². The van der Waals surface area contributed by atoms with E-state index in [-0.39, 0.29) is 12.1 Å². The number of hydrogen-bond acceptors (Lipinski definition) is 3. The van der Waals surface area contributed by atoms with Gasteiger partial charge in [-0.15, -0.1) is 0 Å². The van der Waals surface area contributed by atoms with Crippen molar-refractivity contribution in [2.24, 2.45) is 4.99 Å². The molecule has 0 amide bonds. The first kappa shape index (κ1) is 13.9. The number of benzene rings is 1. The van der Waals surface area contributed by atoms with E-state index in [9.17, 15) is 4.79 Å². The molecule has 0 spiro atoms. The first-order valence-electron chi connectivity index (χ1n) is 7.73. The first-order chi connectivity index (χ1) is 11.1. The molecule has 114 valence electrons. The topological polar surface area (TPSA) is 42.5 Å². The van der Waals surface area contributed by atoms with Crippen molar-refractivity contribution in [3.05, 3.63) is 65.5 Å². The molecule has 1 aromatic carbocycles. The predicted molar refractivity (Wildman–Crippen MR) is 87.4 cm³/mol. The molecular formula is C19H17N2O2+. The maximum Gasteiger partial charge on any atom is 0.303 e. The van der Waals surface area contributed by atoms with Gasteiger partial charge in [-0.05, 0) is 25.1 Å². The number of aliphatic imine (C=N–C) groups is 1. The number of hydrogen-bond donors (Lipinski definition) is 0. The molecule has 2 aliphatic heterocycles. The fraction of sp³-hybridized carbons (Fsp3) is 0.211. The van der Waals surface area contributed by atoms with E-state index >= 15 is 0 Å². The summed E-state index contributed by atoms with van der Waals surface area (Å²) >= 11 is 0. The number of carbonyl (C=O) groups excluding carboxylic acids is 1. The molecule has 1 atom stereocenters. The Morgan fingerprint density at radius 3 is 2.91 bits per heavy atom. The number of allylic oxidation sites excluding steroid dienone is 2. The van der Waals surface area contributed by atoms with Gasteiger partial charge in [-0.25, -0.2) is 4.99 Å². The molecule has 0 bridgehead atoms. The van der Waals surface area contributed by atoms with Gasteiger partial charge in [0.25, 0.3) is 0 Å². The van der Waals surface area contributed by atoms with E-state index in [1.165, 1.54) is 18.1 Å². The predicted octanol–water partition coefficient (Wildman–Crippen LogP) is 3.13. The highest BCUT2D eigenvalue weighted by molar-refractivity contribution is 6.35. The largest absolute Gasteiger partial charge is 0.458 e. The number of pyridine rings is 1. The first-order valence-corrected chi connectivity index (χ1v) is 7.73. The minimum absolute atomic E-state index is 0.251. The van der Waals surface area contributed by atoms with E-state index in [1.807, 2.05) is 37.4 Å². The van der Waals surface area contributed by atoms with E-state index in [0.717, 1.165) is 29.2 Å². The second-order valence-electron chi connectivity index (χ2n) is 5.85. The van der Waals surface area contributed by atoms with Gasteiger partial charge in [0.2, 0.25) is 5.69 Å². The Morgan fingerprint density at radius 2 is 2.09 bits per heavy atom. The minimum Gasteiger partial charge on any atom is -0.458 e. The van der Waals surface area contributed by atoms with Crippen LogP contribution in [0.3, 0.4) is 0 Å². The van der Waals surface area contributed by atoms with Crippen LogP contribution < -0.4 is 4.57 Å². The van der Waals surface area contributed by atoms with Gasteiger partial charge in [-0.2, -0.15) is 4.57 Å². The number of fused-ring (bicyclic) bond motifs is 5. The summed E-state index contributed by atoms with van der Waals surface area (Å²) in [6.45, 7) is 4.11. The van der Waals surface area contributed by atoms with Gasteiger partial charge in [0.15, 0.2) is 12.7 Å². The highest BCUT2D eigenvalue weighted by atomic mass is 16.5. The molecular weight excluding hydrogens is 288 g/mol. The molecule has 0 fully saturated rings. The summed E-state index contributed by atoms with van der Waals surface area (Å²) < 4.78 is 7.42. The Balaban J connectivity index is 1.73. The van der Waals surface area contributed by atoms with Crippen LogP contribution in [0.5, 0.6) is 0 Å². The van der Waals surface area contributed by atoms with Gasteiger partial charge in [-0.1, -0.05) is 18.2 Å². The van der Waals surface area contributed by atoms with Crippen molar-refractivity contribution in [3.63, 3.8) is 0 Å². The molecule has 4 nitrogen and oxygen atoms in total. The Bertz CT molecular complexity index is 881. The second-order valence-corrected chi connectivity index (χ2v) is 5.85. The Labute approximate surface area is 134 Å². The van der Waals surface area contributed by atoms with Crippen molar-refractivity contribution in [1.29, 1.82) is 0 Å². The molecule has 0 saturated carbocycles. The number of aromatic nitrogens is 1. The molecule has 0 aliphatic carbocycles. The number of ether oxygens (including phenoxy) is 1. The Hall–Kier alpha value is -2.75. The molecule has 0 N–H and O–H groups in total. The Morgan fingerprint density at radius 1 is 1.26 bits per heavy atom. The SMILES string of the molecule is CC(=O)OC(C)c1ccc2[n+](c1)CC=C1C2=Nc2ccccc21. The fourth-order valence-corrected chi connectivity index (χ4v) is 3.19. The van der Waals surface area contributed by atoms with Gasteiger partial charge in [-0.3, -0.25) is 4.79 Å². The lowest BCUT2D eigenvalue weighted by Gasteiger charge is -2.14. The lowest BCUT2D eigenvalue weighted by atomic mass is 9.97. The van der Waals surface area contributed by atoms with Gasteiger partial charge < -0.3 is 4.74 Å². The van der Waals surface area contributed by atoms with Crippen LogP contribution in [-0.2, 0) is 16.1 Å². The Kier molecular flexibility index (Phi) is 3.11. The molecule has 2 aromatic rings. The molecule has 4 heteroatoms. The van der Waals surface area contributed by atoms with Crippen LogP contribution in [0.15, 0.2) is 53.7 Å². The molecule has 0 saturated heterocycles. The molecule has 0 radical (unpaired) electrons. The summed E-state index contributed by atoms with van der Waals surface area (Å²) in [5, 5.41) is 0. The molecule has 4 rings (SSSR count). The lowest BCUT2D eigenvalue weighted by Crippen LogP contribution is -2.43. The van der Waals surface area contributed by atoms with Gasteiger partial charge in [0.1, 0.15) is 11.8 Å². The summed E-state index contributed by atoms with van der Waals surface area (Å²) in [6, 6.07) is 12.3. The third-order valence-corrected chi connectivity index (χ3v) is 4.28. The summed E-state index contributed by atoms with van der Waals surface area (Å²) in [5.41, 5.74) is 6.53. The monoisotopic (exact) mass is 305 g/mol. The lowest BCUT2D eigenvalue weighted by molar-refractivity contribution is -0.689. The molecule has 23 heavy (non-hydrogen) atoms. The standard InChI is InChI=1S/C19H17N2O2/c1-12(23-13(2)22)14-7-8-18-19-16(9-10-21(18)11-14)15-5-3-4-6-17(15)20-19/h3-9,11-12H,10H2,1-2H3/q+1. The fourth-order valence-electron chi connectivity index (χ4n) is 3.19. The maximum absolute atomic E-state index is 11.1. The molecule has 1 unspecified atom stereocenters. The zero-order chi connectivity index (χ0) is 16.0. The van der Waals surface area contributed by atoms with Crippen molar-refractivity contribution >= 4 is 22.9 Å². The summed E-state index contributed by atoms with van der Waals surface area (Å²) in [7, 11) is 0. The third kappa shape index (κ3) is 2.27.